The largest absolute Gasteiger partial charge is 0.507 e. The highest BCUT2D eigenvalue weighted by Crippen LogP contribution is 2.65. The van der Waals surface area contributed by atoms with E-state index in [-0.39, 0.29) is 42.2 Å². The highest BCUT2D eigenvalue weighted by atomic mass is 35.5. The summed E-state index contributed by atoms with van der Waals surface area (Å²) in [6, 6.07) is 24.0. The number of benzene rings is 4. The number of hydrogen-bond acceptors (Lipinski definition) is 8. The van der Waals surface area contributed by atoms with E-state index in [2.05, 4.69) is 0 Å². The van der Waals surface area contributed by atoms with Crippen molar-refractivity contribution >= 4 is 52.6 Å². The van der Waals surface area contributed by atoms with Crippen LogP contribution in [0.1, 0.15) is 47.2 Å². The molecule has 8 rings (SSSR count). The van der Waals surface area contributed by atoms with Gasteiger partial charge in [-0.05, 0) is 79.3 Å². The molecule has 6 unspecified atom stereocenters. The summed E-state index contributed by atoms with van der Waals surface area (Å²) in [6.45, 7) is 2.03. The van der Waals surface area contributed by atoms with Gasteiger partial charge in [0.2, 0.25) is 23.6 Å². The second kappa shape index (κ2) is 12.6. The first-order chi connectivity index (χ1) is 25.5. The molecule has 1 saturated carbocycles. The molecule has 268 valence electrons. The van der Waals surface area contributed by atoms with Gasteiger partial charge in [-0.1, -0.05) is 65.7 Å². The van der Waals surface area contributed by atoms with Crippen molar-refractivity contribution in [1.29, 1.82) is 0 Å². The maximum absolute atomic E-state index is 15.4. The average Bonchev–Trinajstić information content (AvgIpc) is 3.53. The number of ether oxygens (including phenoxy) is 1. The number of phenolic OH excluding ortho intramolecular Hbond substituents is 1. The number of amides is 4. The Hall–Kier alpha value is -5.94. The minimum absolute atomic E-state index is 0.0311. The summed E-state index contributed by atoms with van der Waals surface area (Å²) in [4.78, 5) is 72.6. The quantitative estimate of drug-likeness (QED) is 0.148. The number of rotatable bonds is 7. The lowest BCUT2D eigenvalue weighted by Gasteiger charge is -2.50. The van der Waals surface area contributed by atoms with Gasteiger partial charge in [0.25, 0.3) is 0 Å². The Balaban J connectivity index is 1.33. The Kier molecular flexibility index (Phi) is 8.14. The zero-order valence-electron chi connectivity index (χ0n) is 28.3. The number of imide groups is 2. The Morgan fingerprint density at radius 2 is 1.58 bits per heavy atom. The monoisotopic (exact) mass is 732 g/mol. The number of carboxylic acids is 1. The van der Waals surface area contributed by atoms with Crippen molar-refractivity contribution in [2.75, 3.05) is 16.4 Å². The maximum atomic E-state index is 15.4. The Labute approximate surface area is 308 Å². The van der Waals surface area contributed by atoms with Crippen LogP contribution < -0.4 is 14.5 Å². The summed E-state index contributed by atoms with van der Waals surface area (Å²) in [7, 11) is 0. The molecule has 2 heterocycles. The lowest BCUT2D eigenvalue weighted by Crippen LogP contribution is -2.53. The fraction of sp³-hybridized carbons (Fsp3) is 0.244. The summed E-state index contributed by atoms with van der Waals surface area (Å²) >= 11 is 6.38. The number of hydrogen-bond donors (Lipinski definition) is 3. The second-order valence-electron chi connectivity index (χ2n) is 13.8. The first-order valence-electron chi connectivity index (χ1n) is 17.3. The third-order valence-electron chi connectivity index (χ3n) is 11.3. The molecule has 2 aliphatic heterocycles. The molecular formula is C41H33ClN2O9. The summed E-state index contributed by atoms with van der Waals surface area (Å²) in [5, 5.41) is 31.0. The lowest BCUT2D eigenvalue weighted by molar-refractivity contribution is -0.127. The van der Waals surface area contributed by atoms with E-state index in [9.17, 15) is 34.5 Å². The number of aromatic carboxylic acids is 1. The molecule has 53 heavy (non-hydrogen) atoms. The number of carbonyl (C=O) groups excluding carboxylic acids is 4. The molecule has 3 N–H and O–H groups in total. The minimum Gasteiger partial charge on any atom is -0.507 e. The number of fused-ring (bicyclic) bond motifs is 4. The third kappa shape index (κ3) is 4.98. The van der Waals surface area contributed by atoms with Crippen LogP contribution in [-0.4, -0.2) is 51.5 Å². The number of phenols is 2. The smallest absolute Gasteiger partial charge is 0.339 e. The van der Waals surface area contributed by atoms with Crippen LogP contribution in [0.3, 0.4) is 0 Å². The molecular weight excluding hydrogens is 700 g/mol. The standard InChI is InChI=1S/C41H33ClN2O9/c1-2-53-33-17-21(11-16-31(33)45)35-26-14-15-28-34(38(49)43(36(28)47)25-12-13-27(39(50)51)32(46)19-25)29(26)20-30-37(48)44(24-10-6-9-23(42)18-24)40(52)41(30,35)22-7-4-3-5-8-22/h3-14,16-19,28-30,34-35,45-46H,2,15,20H2,1H3,(H,50,51). The first kappa shape index (κ1) is 34.2. The summed E-state index contributed by atoms with van der Waals surface area (Å²) < 4.78 is 5.79. The van der Waals surface area contributed by atoms with Gasteiger partial charge in [-0.2, -0.15) is 0 Å². The van der Waals surface area contributed by atoms with Gasteiger partial charge in [0.05, 0.1) is 41.2 Å². The van der Waals surface area contributed by atoms with E-state index >= 15 is 4.79 Å². The average molecular weight is 733 g/mol. The Morgan fingerprint density at radius 1 is 0.830 bits per heavy atom. The van der Waals surface area contributed by atoms with Gasteiger partial charge in [-0.15, -0.1) is 0 Å². The summed E-state index contributed by atoms with van der Waals surface area (Å²) in [6.07, 6.45) is 2.12. The number of carbonyl (C=O) groups is 5. The number of carboxylic acid groups (broad SMARTS) is 1. The predicted octanol–water partition coefficient (Wildman–Crippen LogP) is 6.22. The van der Waals surface area contributed by atoms with E-state index in [4.69, 9.17) is 16.3 Å². The van der Waals surface area contributed by atoms with Crippen LogP contribution >= 0.6 is 11.6 Å². The molecule has 4 aromatic carbocycles. The van der Waals surface area contributed by atoms with E-state index in [1.54, 1.807) is 55.5 Å². The number of allylic oxidation sites excluding steroid dienone is 2. The van der Waals surface area contributed by atoms with Crippen LogP contribution in [0.15, 0.2) is 103 Å². The number of halogens is 1. The van der Waals surface area contributed by atoms with Crippen molar-refractivity contribution in [2.45, 2.75) is 31.1 Å². The Bertz CT molecular complexity index is 2270. The molecule has 11 nitrogen and oxygen atoms in total. The molecule has 6 atom stereocenters. The molecule has 0 spiro atoms. The minimum atomic E-state index is -1.51. The fourth-order valence-electron chi connectivity index (χ4n) is 9.19. The predicted molar refractivity (Wildman–Crippen MR) is 193 cm³/mol. The molecule has 12 heteroatoms. The van der Waals surface area contributed by atoms with Crippen molar-refractivity contribution in [1.82, 2.24) is 0 Å². The molecule has 3 fully saturated rings. The van der Waals surface area contributed by atoms with Gasteiger partial charge in [-0.3, -0.25) is 19.2 Å². The van der Waals surface area contributed by atoms with Gasteiger partial charge in [0, 0.05) is 17.0 Å². The molecule has 2 saturated heterocycles. The molecule has 4 aliphatic rings. The van der Waals surface area contributed by atoms with Crippen LogP contribution in [0.5, 0.6) is 17.2 Å². The Morgan fingerprint density at radius 3 is 2.28 bits per heavy atom. The van der Waals surface area contributed by atoms with E-state index in [0.717, 1.165) is 17.0 Å². The second-order valence-corrected chi connectivity index (χ2v) is 14.2. The summed E-state index contributed by atoms with van der Waals surface area (Å²) in [5.41, 5.74) is 0.315. The number of aromatic hydroxyl groups is 2. The van der Waals surface area contributed by atoms with Crippen LogP contribution in [0.25, 0.3) is 0 Å². The molecule has 4 aromatic rings. The van der Waals surface area contributed by atoms with E-state index in [0.29, 0.717) is 27.4 Å². The first-order valence-corrected chi connectivity index (χ1v) is 17.7. The zero-order valence-corrected chi connectivity index (χ0v) is 29.1. The van der Waals surface area contributed by atoms with Gasteiger partial charge < -0.3 is 20.1 Å². The van der Waals surface area contributed by atoms with Crippen molar-refractivity contribution in [2.24, 2.45) is 23.7 Å². The van der Waals surface area contributed by atoms with Crippen LogP contribution in [0, 0.1) is 23.7 Å². The number of nitrogens with zero attached hydrogens (tertiary/aromatic N) is 2. The molecule has 0 aromatic heterocycles. The molecule has 0 bridgehead atoms. The summed E-state index contributed by atoms with van der Waals surface area (Å²) in [5.74, 6) is -8.12. The van der Waals surface area contributed by atoms with Gasteiger partial charge in [-0.25, -0.2) is 14.6 Å². The number of anilines is 2. The van der Waals surface area contributed by atoms with Crippen molar-refractivity contribution < 1.29 is 44.0 Å². The maximum Gasteiger partial charge on any atom is 0.339 e. The topological polar surface area (TPSA) is 162 Å². The highest BCUT2D eigenvalue weighted by molar-refractivity contribution is 6.32. The fourth-order valence-corrected chi connectivity index (χ4v) is 9.38. The van der Waals surface area contributed by atoms with E-state index < -0.39 is 70.4 Å². The molecule has 4 amide bonds. The zero-order chi connectivity index (χ0) is 37.3. The van der Waals surface area contributed by atoms with Gasteiger partial charge >= 0.3 is 5.97 Å². The van der Waals surface area contributed by atoms with Gasteiger partial charge in [0.15, 0.2) is 11.5 Å². The van der Waals surface area contributed by atoms with Crippen LogP contribution in [0.4, 0.5) is 11.4 Å². The van der Waals surface area contributed by atoms with Crippen LogP contribution in [-0.2, 0) is 24.6 Å². The van der Waals surface area contributed by atoms with E-state index in [1.807, 2.05) is 24.3 Å². The third-order valence-corrected chi connectivity index (χ3v) is 11.5. The highest BCUT2D eigenvalue weighted by Gasteiger charge is 2.70. The van der Waals surface area contributed by atoms with E-state index in [1.165, 1.54) is 17.0 Å². The molecule has 0 radical (unpaired) electrons. The van der Waals surface area contributed by atoms with Crippen LogP contribution in [0.2, 0.25) is 5.02 Å². The lowest BCUT2D eigenvalue weighted by atomic mass is 9.49. The SMILES string of the molecule is CCOc1cc(C2C3=CCC4C(=O)N(c5ccc(C(=O)O)c(O)c5)C(=O)C4C3CC3C(=O)N(c4cccc(Cl)c4)C(=O)C32c2ccccc2)ccc1O. The van der Waals surface area contributed by atoms with Crippen molar-refractivity contribution in [3.63, 3.8) is 0 Å². The molecule has 2 aliphatic carbocycles. The van der Waals surface area contributed by atoms with Gasteiger partial charge in [0.1, 0.15) is 11.3 Å². The van der Waals surface area contributed by atoms with Crippen molar-refractivity contribution in [3.8, 4) is 17.2 Å². The normalized spacial score (nSPS) is 26.2. The van der Waals surface area contributed by atoms with Crippen molar-refractivity contribution in [3.05, 3.63) is 124 Å².